The Kier molecular flexibility index (Phi) is 6.70. The number of carbonyl (C=O) groups excluding carboxylic acids is 2. The molecule has 0 aromatic carbocycles. The summed E-state index contributed by atoms with van der Waals surface area (Å²) in [6, 6.07) is 0. The summed E-state index contributed by atoms with van der Waals surface area (Å²) in [7, 11) is -4.20. The third-order valence-electron chi connectivity index (χ3n) is 3.87. The number of aryl methyl sites for hydroxylation is 2. The molecule has 1 rings (SSSR count). The molecule has 0 bridgehead atoms. The standard InChI is InChI=1S/C16H27N3O4S2/c1-5-7-12(8-6-2)25(22,23)9-16(18,15(17)21)14(20)13-10(3)19-11(4)24-13/h12H,5-9,18H2,1-4H3,(H2,17,21)/t16-/m1/s1/i12D. The van der Waals surface area contributed by atoms with Gasteiger partial charge in [0, 0.05) is 1.37 Å². The Balaban J connectivity index is 3.38. The van der Waals surface area contributed by atoms with Crippen molar-refractivity contribution in [3.05, 3.63) is 15.6 Å². The van der Waals surface area contributed by atoms with Crippen molar-refractivity contribution in [2.24, 2.45) is 11.5 Å². The van der Waals surface area contributed by atoms with Gasteiger partial charge in [-0.2, -0.15) is 0 Å². The summed E-state index contributed by atoms with van der Waals surface area (Å²) in [4.78, 5) is 29.1. The fraction of sp³-hybridized carbons (Fsp3) is 0.688. The van der Waals surface area contributed by atoms with E-state index in [1.807, 2.05) is 0 Å². The first kappa shape index (κ1) is 20.0. The van der Waals surface area contributed by atoms with Crippen LogP contribution in [0.1, 0.15) is 61.3 Å². The van der Waals surface area contributed by atoms with Gasteiger partial charge in [-0.05, 0) is 26.7 Å². The van der Waals surface area contributed by atoms with Crippen molar-refractivity contribution in [1.29, 1.82) is 0 Å². The Morgan fingerprint density at radius 3 is 2.16 bits per heavy atom. The number of aromatic nitrogens is 1. The van der Waals surface area contributed by atoms with Crippen LogP contribution in [0, 0.1) is 13.8 Å². The molecule has 0 aliphatic carbocycles. The molecule has 0 radical (unpaired) electrons. The number of carbonyl (C=O) groups is 2. The third-order valence-corrected chi connectivity index (χ3v) is 7.06. The Labute approximate surface area is 154 Å². The maximum Gasteiger partial charge on any atom is 0.246 e. The van der Waals surface area contributed by atoms with Crippen LogP contribution < -0.4 is 11.5 Å². The lowest BCUT2D eigenvalue weighted by Gasteiger charge is -2.26. The molecule has 0 fully saturated rings. The molecule has 1 heterocycles. The topological polar surface area (TPSA) is 133 Å². The van der Waals surface area contributed by atoms with Crippen LogP contribution in [0.15, 0.2) is 0 Å². The largest absolute Gasteiger partial charge is 0.368 e. The highest BCUT2D eigenvalue weighted by Crippen LogP contribution is 2.25. The second-order valence-corrected chi connectivity index (χ2v) is 9.41. The van der Waals surface area contributed by atoms with Gasteiger partial charge in [0.2, 0.25) is 11.7 Å². The van der Waals surface area contributed by atoms with E-state index in [9.17, 15) is 18.0 Å². The number of nitrogens with zero attached hydrogens (tertiary/aromatic N) is 1. The molecule has 0 saturated heterocycles. The number of amides is 1. The van der Waals surface area contributed by atoms with Gasteiger partial charge in [-0.3, -0.25) is 9.59 Å². The molecule has 0 unspecified atom stereocenters. The molecule has 25 heavy (non-hydrogen) atoms. The van der Waals surface area contributed by atoms with E-state index in [-0.39, 0.29) is 17.7 Å². The normalized spacial score (nSPS) is 15.5. The Morgan fingerprint density at radius 1 is 1.28 bits per heavy atom. The van der Waals surface area contributed by atoms with E-state index in [1.165, 1.54) is 0 Å². The lowest BCUT2D eigenvalue weighted by Crippen LogP contribution is -2.63. The number of sulfone groups is 1. The molecule has 1 aromatic heterocycles. The molecule has 1 atom stereocenters. The van der Waals surface area contributed by atoms with Gasteiger partial charge in [0.1, 0.15) is 0 Å². The zero-order chi connectivity index (χ0) is 20.3. The van der Waals surface area contributed by atoms with Crippen LogP contribution in [-0.2, 0) is 14.6 Å². The Morgan fingerprint density at radius 2 is 1.80 bits per heavy atom. The molecule has 4 N–H and O–H groups in total. The first-order valence-electron chi connectivity index (χ1n) is 8.64. The maximum atomic E-state index is 12.9. The van der Waals surface area contributed by atoms with E-state index in [2.05, 4.69) is 4.98 Å². The summed E-state index contributed by atoms with van der Waals surface area (Å²) < 4.78 is 34.3. The van der Waals surface area contributed by atoms with E-state index in [4.69, 9.17) is 12.8 Å². The van der Waals surface area contributed by atoms with Crippen molar-refractivity contribution < 1.29 is 19.4 Å². The van der Waals surface area contributed by atoms with Crippen molar-refractivity contribution in [1.82, 2.24) is 4.98 Å². The van der Waals surface area contributed by atoms with Crippen LogP contribution in [0.2, 0.25) is 0 Å². The predicted octanol–water partition coefficient (Wildman–Crippen LogP) is 1.51. The maximum absolute atomic E-state index is 12.9. The highest BCUT2D eigenvalue weighted by Gasteiger charge is 2.47. The SMILES string of the molecule is [2H]C(CCC)(CCC)S(=O)(=O)C[C@](N)(C(N)=O)C(=O)c1sc(C)nc1C. The lowest BCUT2D eigenvalue weighted by atomic mass is 9.95. The van der Waals surface area contributed by atoms with E-state index in [1.54, 1.807) is 27.7 Å². The van der Waals surface area contributed by atoms with Crippen LogP contribution in [0.25, 0.3) is 0 Å². The molecule has 0 aliphatic rings. The number of hydrogen-bond donors (Lipinski definition) is 2. The minimum Gasteiger partial charge on any atom is -0.368 e. The second kappa shape index (κ2) is 8.37. The number of rotatable bonds is 10. The number of hydrogen-bond acceptors (Lipinski definition) is 7. The summed E-state index contributed by atoms with van der Waals surface area (Å²) in [5, 5.41) is -1.22. The van der Waals surface area contributed by atoms with Gasteiger partial charge < -0.3 is 11.5 Å². The molecule has 9 heteroatoms. The zero-order valence-electron chi connectivity index (χ0n) is 16.1. The monoisotopic (exact) mass is 390 g/mol. The van der Waals surface area contributed by atoms with Gasteiger partial charge in [0.25, 0.3) is 0 Å². The third kappa shape index (κ3) is 4.86. The van der Waals surface area contributed by atoms with Gasteiger partial charge in [0.05, 0.1) is 26.6 Å². The lowest BCUT2D eigenvalue weighted by molar-refractivity contribution is -0.120. The smallest absolute Gasteiger partial charge is 0.246 e. The van der Waals surface area contributed by atoms with Crippen LogP contribution in [0.5, 0.6) is 0 Å². The Bertz CT molecular complexity index is 785. The Hall–Kier alpha value is -1.32. The minimum atomic E-state index is -4.20. The van der Waals surface area contributed by atoms with E-state index < -0.39 is 38.0 Å². The fourth-order valence-corrected chi connectivity index (χ4v) is 5.64. The van der Waals surface area contributed by atoms with Gasteiger partial charge in [0.15, 0.2) is 15.4 Å². The molecule has 0 aliphatic heterocycles. The van der Waals surface area contributed by atoms with Crippen molar-refractivity contribution >= 4 is 32.9 Å². The minimum absolute atomic E-state index is 0.0882. The number of ketones is 1. The number of primary amides is 1. The van der Waals surface area contributed by atoms with Crippen molar-refractivity contribution in [2.75, 3.05) is 5.75 Å². The van der Waals surface area contributed by atoms with Crippen LogP contribution in [0.3, 0.4) is 0 Å². The van der Waals surface area contributed by atoms with Crippen molar-refractivity contribution in [3.63, 3.8) is 0 Å². The van der Waals surface area contributed by atoms with Crippen LogP contribution >= 0.6 is 11.3 Å². The van der Waals surface area contributed by atoms with E-state index >= 15 is 0 Å². The molecule has 0 saturated carbocycles. The highest BCUT2D eigenvalue weighted by molar-refractivity contribution is 7.92. The van der Waals surface area contributed by atoms with Crippen LogP contribution in [-0.4, -0.2) is 41.6 Å². The van der Waals surface area contributed by atoms with E-state index in [0.29, 0.717) is 23.5 Å². The number of Topliss-reactive ketones (excluding diaryl/α,β-unsaturated/α-hetero) is 1. The first-order valence-corrected chi connectivity index (χ1v) is 10.6. The molecule has 7 nitrogen and oxygen atoms in total. The fourth-order valence-electron chi connectivity index (χ4n) is 2.59. The molecule has 1 aromatic rings. The number of nitrogens with two attached hydrogens (primary N) is 2. The number of thiazole rings is 1. The zero-order valence-corrected chi connectivity index (χ0v) is 16.7. The van der Waals surface area contributed by atoms with Crippen molar-refractivity contribution in [3.8, 4) is 0 Å². The summed E-state index contributed by atoms with van der Waals surface area (Å²) in [5.74, 6) is -3.09. The molecular formula is C16H27N3O4S2. The predicted molar refractivity (Wildman–Crippen MR) is 99.4 cm³/mol. The summed E-state index contributed by atoms with van der Waals surface area (Å²) >= 11 is 1.03. The summed E-state index contributed by atoms with van der Waals surface area (Å²) in [6.07, 6.45) is 1.12. The highest BCUT2D eigenvalue weighted by atomic mass is 32.2. The quantitative estimate of drug-likeness (QED) is 0.459. The second-order valence-electron chi connectivity index (χ2n) is 6.11. The molecule has 0 spiro atoms. The molecule has 142 valence electrons. The molecule has 1 amide bonds. The average molecular weight is 391 g/mol. The first-order chi connectivity index (χ1) is 11.8. The van der Waals surface area contributed by atoms with Gasteiger partial charge in [-0.1, -0.05) is 26.7 Å². The average Bonchev–Trinajstić information content (AvgIpc) is 2.84. The van der Waals surface area contributed by atoms with Gasteiger partial charge in [-0.25, -0.2) is 13.4 Å². The van der Waals surface area contributed by atoms with E-state index in [0.717, 1.165) is 11.3 Å². The van der Waals surface area contributed by atoms with Crippen LogP contribution in [0.4, 0.5) is 0 Å². The van der Waals surface area contributed by atoms with Gasteiger partial charge in [-0.15, -0.1) is 11.3 Å². The molecular weight excluding hydrogens is 362 g/mol. The van der Waals surface area contributed by atoms with Crippen molar-refractivity contribution in [2.45, 2.75) is 64.1 Å². The summed E-state index contributed by atoms with van der Waals surface area (Å²) in [6.45, 7) is 6.81. The van der Waals surface area contributed by atoms with Gasteiger partial charge >= 0.3 is 0 Å². The summed E-state index contributed by atoms with van der Waals surface area (Å²) in [5.41, 5.74) is 9.23.